The Balaban J connectivity index is 2.48. The van der Waals surface area contributed by atoms with Gasteiger partial charge in [-0.3, -0.25) is 0 Å². The maximum Gasteiger partial charge on any atom is 0.134 e. The van der Waals surface area contributed by atoms with Gasteiger partial charge in [0.2, 0.25) is 0 Å². The van der Waals surface area contributed by atoms with E-state index in [1.807, 2.05) is 23.9 Å². The van der Waals surface area contributed by atoms with Gasteiger partial charge in [0.1, 0.15) is 11.3 Å². The van der Waals surface area contributed by atoms with Crippen LogP contribution in [0.25, 0.3) is 17.0 Å². The summed E-state index contributed by atoms with van der Waals surface area (Å²) in [6.07, 6.45) is 3.84. The van der Waals surface area contributed by atoms with E-state index >= 15 is 0 Å². The summed E-state index contributed by atoms with van der Waals surface area (Å²) in [4.78, 5) is 0. The Labute approximate surface area is 87.8 Å². The van der Waals surface area contributed by atoms with Gasteiger partial charge < -0.3 is 4.42 Å². The van der Waals surface area contributed by atoms with E-state index in [2.05, 4.69) is 25.0 Å². The normalized spacial score (nSPS) is 10.6. The van der Waals surface area contributed by atoms with Crippen LogP contribution in [-0.2, 0) is 5.75 Å². The van der Waals surface area contributed by atoms with Gasteiger partial charge >= 0.3 is 0 Å². The van der Waals surface area contributed by atoms with Crippen LogP contribution in [-0.4, -0.2) is 6.26 Å². The highest BCUT2D eigenvalue weighted by Gasteiger charge is 2.01. The first-order chi connectivity index (χ1) is 6.83. The Morgan fingerprint density at radius 1 is 1.43 bits per heavy atom. The first-order valence-electron chi connectivity index (χ1n) is 4.47. The Kier molecular flexibility index (Phi) is 2.64. The molecule has 2 aromatic rings. The van der Waals surface area contributed by atoms with Crippen molar-refractivity contribution >= 4 is 28.8 Å². The molecule has 1 aromatic carbocycles. The second kappa shape index (κ2) is 3.93. The number of furan rings is 1. The average Bonchev–Trinajstić information content (AvgIpc) is 2.60. The number of fused-ring (bicyclic) bond motifs is 1. The monoisotopic (exact) mass is 204 g/mol. The Hall–Kier alpha value is -1.15. The van der Waals surface area contributed by atoms with E-state index in [1.165, 1.54) is 5.56 Å². The second-order valence-corrected chi connectivity index (χ2v) is 4.02. The molecule has 2 rings (SSSR count). The van der Waals surface area contributed by atoms with Crippen molar-refractivity contribution in [2.24, 2.45) is 0 Å². The molecule has 0 amide bonds. The molecule has 0 aliphatic carbocycles. The summed E-state index contributed by atoms with van der Waals surface area (Å²) in [5.41, 5.74) is 2.27. The number of hydrogen-bond donors (Lipinski definition) is 0. The largest absolute Gasteiger partial charge is 0.457 e. The summed E-state index contributed by atoms with van der Waals surface area (Å²) in [5.74, 6) is 1.88. The molecule has 0 aliphatic rings. The summed E-state index contributed by atoms with van der Waals surface area (Å²) in [6, 6.07) is 8.32. The Bertz CT molecular complexity index is 456. The summed E-state index contributed by atoms with van der Waals surface area (Å²) in [7, 11) is 0. The number of thioether (sulfide) groups is 1. The van der Waals surface area contributed by atoms with Crippen molar-refractivity contribution in [2.45, 2.75) is 5.75 Å². The predicted molar refractivity (Wildman–Crippen MR) is 63.5 cm³/mol. The molecule has 0 saturated heterocycles. The molecule has 1 aromatic heterocycles. The molecule has 0 fully saturated rings. The van der Waals surface area contributed by atoms with Crippen LogP contribution >= 0.6 is 11.8 Å². The highest BCUT2D eigenvalue weighted by atomic mass is 32.2. The van der Waals surface area contributed by atoms with Gasteiger partial charge in [-0.2, -0.15) is 11.8 Å². The van der Waals surface area contributed by atoms with Crippen molar-refractivity contribution in [2.75, 3.05) is 6.26 Å². The molecule has 1 nitrogen and oxygen atoms in total. The fourth-order valence-electron chi connectivity index (χ4n) is 1.47. The fourth-order valence-corrected chi connectivity index (χ4v) is 1.98. The van der Waals surface area contributed by atoms with Crippen molar-refractivity contribution < 1.29 is 4.42 Å². The van der Waals surface area contributed by atoms with Gasteiger partial charge in [-0.1, -0.05) is 12.6 Å². The topological polar surface area (TPSA) is 13.1 Å². The first-order valence-corrected chi connectivity index (χ1v) is 5.86. The maximum absolute atomic E-state index is 5.53. The van der Waals surface area contributed by atoms with E-state index in [4.69, 9.17) is 4.42 Å². The first kappa shape index (κ1) is 9.41. The summed E-state index contributed by atoms with van der Waals surface area (Å²) >= 11 is 1.83. The fraction of sp³-hybridized carbons (Fsp3) is 0.167. The molecule has 0 aliphatic heterocycles. The predicted octanol–water partition coefficient (Wildman–Crippen LogP) is 3.94. The number of hydrogen-bond acceptors (Lipinski definition) is 2. The molecule has 0 unspecified atom stereocenters. The molecular weight excluding hydrogens is 192 g/mol. The Morgan fingerprint density at radius 2 is 2.29 bits per heavy atom. The third-order valence-electron chi connectivity index (χ3n) is 2.11. The van der Waals surface area contributed by atoms with Crippen LogP contribution in [0.4, 0.5) is 0 Å². The highest BCUT2D eigenvalue weighted by Crippen LogP contribution is 2.22. The van der Waals surface area contributed by atoms with Gasteiger partial charge in [0.15, 0.2) is 0 Å². The van der Waals surface area contributed by atoms with Crippen molar-refractivity contribution in [3.05, 3.63) is 42.2 Å². The second-order valence-electron chi connectivity index (χ2n) is 3.16. The van der Waals surface area contributed by atoms with E-state index in [0.717, 1.165) is 22.5 Å². The molecule has 72 valence electrons. The van der Waals surface area contributed by atoms with Crippen molar-refractivity contribution in [1.82, 2.24) is 0 Å². The lowest BCUT2D eigenvalue weighted by Crippen LogP contribution is -1.77. The smallest absolute Gasteiger partial charge is 0.134 e. The van der Waals surface area contributed by atoms with Crippen LogP contribution in [0, 0.1) is 0 Å². The highest BCUT2D eigenvalue weighted by molar-refractivity contribution is 7.97. The van der Waals surface area contributed by atoms with Gasteiger partial charge in [0.05, 0.1) is 0 Å². The third-order valence-corrected chi connectivity index (χ3v) is 2.73. The summed E-state index contributed by atoms with van der Waals surface area (Å²) in [5, 5.41) is 1.16. The zero-order valence-corrected chi connectivity index (χ0v) is 8.93. The minimum Gasteiger partial charge on any atom is -0.457 e. The Morgan fingerprint density at radius 3 is 3.00 bits per heavy atom. The minimum atomic E-state index is 0.835. The van der Waals surface area contributed by atoms with Gasteiger partial charge in [-0.05, 0) is 36.1 Å². The number of benzene rings is 1. The molecule has 0 bridgehead atoms. The number of rotatable bonds is 3. The molecule has 1 heterocycles. The van der Waals surface area contributed by atoms with Gasteiger partial charge in [-0.15, -0.1) is 0 Å². The lowest BCUT2D eigenvalue weighted by molar-refractivity contribution is 0.604. The van der Waals surface area contributed by atoms with E-state index in [1.54, 1.807) is 6.08 Å². The van der Waals surface area contributed by atoms with E-state index in [-0.39, 0.29) is 0 Å². The summed E-state index contributed by atoms with van der Waals surface area (Å²) < 4.78 is 5.53. The van der Waals surface area contributed by atoms with Crippen LogP contribution in [0.1, 0.15) is 11.3 Å². The van der Waals surface area contributed by atoms with Crippen LogP contribution in [0.2, 0.25) is 0 Å². The molecular formula is C12H12OS. The SMILES string of the molecule is C=Cc1cc2cc(CSC)ccc2o1. The third kappa shape index (κ3) is 1.70. The zero-order valence-electron chi connectivity index (χ0n) is 8.12. The van der Waals surface area contributed by atoms with Gasteiger partial charge in [-0.25, -0.2) is 0 Å². The molecule has 0 saturated carbocycles. The van der Waals surface area contributed by atoms with E-state index in [0.29, 0.717) is 0 Å². The quantitative estimate of drug-likeness (QED) is 0.751. The lowest BCUT2D eigenvalue weighted by atomic mass is 10.2. The van der Waals surface area contributed by atoms with Crippen molar-refractivity contribution in [3.63, 3.8) is 0 Å². The van der Waals surface area contributed by atoms with Crippen LogP contribution < -0.4 is 0 Å². The molecule has 0 N–H and O–H groups in total. The molecule has 0 radical (unpaired) electrons. The van der Waals surface area contributed by atoms with Crippen molar-refractivity contribution in [3.8, 4) is 0 Å². The minimum absolute atomic E-state index is 0.835. The maximum atomic E-state index is 5.53. The van der Waals surface area contributed by atoms with Crippen molar-refractivity contribution in [1.29, 1.82) is 0 Å². The molecule has 2 heteroatoms. The van der Waals surface area contributed by atoms with Gasteiger partial charge in [0, 0.05) is 11.1 Å². The zero-order chi connectivity index (χ0) is 9.97. The lowest BCUT2D eigenvalue weighted by Gasteiger charge is -1.96. The molecule has 14 heavy (non-hydrogen) atoms. The van der Waals surface area contributed by atoms with E-state index in [9.17, 15) is 0 Å². The average molecular weight is 204 g/mol. The molecule has 0 spiro atoms. The van der Waals surface area contributed by atoms with Gasteiger partial charge in [0.25, 0.3) is 0 Å². The van der Waals surface area contributed by atoms with Crippen LogP contribution in [0.15, 0.2) is 35.3 Å². The standard InChI is InChI=1S/C12H12OS/c1-3-11-7-10-6-9(8-14-2)4-5-12(10)13-11/h3-7H,1,8H2,2H3. The van der Waals surface area contributed by atoms with Crippen LogP contribution in [0.5, 0.6) is 0 Å². The van der Waals surface area contributed by atoms with Crippen LogP contribution in [0.3, 0.4) is 0 Å². The summed E-state index contributed by atoms with van der Waals surface area (Å²) in [6.45, 7) is 3.69. The molecule has 0 atom stereocenters. The van der Waals surface area contributed by atoms with E-state index < -0.39 is 0 Å².